The van der Waals surface area contributed by atoms with Crippen LogP contribution in [-0.2, 0) is 0 Å². The van der Waals surface area contributed by atoms with Crippen LogP contribution >= 0.6 is 11.6 Å². The van der Waals surface area contributed by atoms with E-state index in [9.17, 15) is 14.9 Å². The highest BCUT2D eigenvalue weighted by molar-refractivity contribution is 6.29. The van der Waals surface area contributed by atoms with Gasteiger partial charge in [-0.15, -0.1) is 0 Å². The molecule has 0 aliphatic carbocycles. The number of rotatable bonds is 3. The number of aromatic nitrogens is 1. The third kappa shape index (κ3) is 3.29. The van der Waals surface area contributed by atoms with Crippen molar-refractivity contribution in [3.63, 3.8) is 0 Å². The topological polar surface area (TPSA) is 106 Å². The van der Waals surface area contributed by atoms with E-state index in [0.717, 1.165) is 6.20 Å². The Bertz CT molecular complexity index is 568. The number of likely N-dealkylation sites (N-methyl/N-ethyl adjacent to an activating group) is 1. The largest absolute Gasteiger partial charge is 0.332 e. The molecule has 1 aliphatic heterocycles. The standard InChI is InChI=1S/C12H16ClN5O3/c1-16-2-3-17(8(5-14)7-16)12(19)9-4-11(13)15-6-10(9)18(20)21/h4,6,8H,2-3,5,7,14H2,1H3. The summed E-state index contributed by atoms with van der Waals surface area (Å²) in [6.07, 6.45) is 1.00. The molecule has 2 heterocycles. The summed E-state index contributed by atoms with van der Waals surface area (Å²) in [5.74, 6) is -0.436. The zero-order chi connectivity index (χ0) is 15.6. The van der Waals surface area contributed by atoms with Crippen LogP contribution in [0.15, 0.2) is 12.3 Å². The number of piperazine rings is 1. The van der Waals surface area contributed by atoms with Crippen LogP contribution in [0.4, 0.5) is 5.69 Å². The van der Waals surface area contributed by atoms with Crippen molar-refractivity contribution in [2.24, 2.45) is 5.73 Å². The van der Waals surface area contributed by atoms with Crippen LogP contribution in [0.3, 0.4) is 0 Å². The number of hydrogen-bond acceptors (Lipinski definition) is 6. The molecular weight excluding hydrogens is 298 g/mol. The molecule has 0 aromatic carbocycles. The van der Waals surface area contributed by atoms with Crippen molar-refractivity contribution in [2.45, 2.75) is 6.04 Å². The van der Waals surface area contributed by atoms with Gasteiger partial charge in [-0.1, -0.05) is 11.6 Å². The zero-order valence-corrected chi connectivity index (χ0v) is 12.3. The molecule has 1 aliphatic rings. The maximum absolute atomic E-state index is 12.6. The monoisotopic (exact) mass is 313 g/mol. The van der Waals surface area contributed by atoms with Crippen LogP contribution in [0.1, 0.15) is 10.4 Å². The first-order chi connectivity index (χ1) is 9.93. The van der Waals surface area contributed by atoms with Gasteiger partial charge < -0.3 is 15.5 Å². The minimum Gasteiger partial charge on any atom is -0.332 e. The lowest BCUT2D eigenvalue weighted by molar-refractivity contribution is -0.385. The summed E-state index contributed by atoms with van der Waals surface area (Å²) in [6, 6.07) is 1.05. The molecule has 2 rings (SSSR count). The van der Waals surface area contributed by atoms with Gasteiger partial charge in [-0.25, -0.2) is 4.98 Å². The summed E-state index contributed by atoms with van der Waals surface area (Å²) in [5, 5.41) is 11.1. The summed E-state index contributed by atoms with van der Waals surface area (Å²) in [7, 11) is 1.94. The second-order valence-corrected chi connectivity index (χ2v) is 5.32. The van der Waals surface area contributed by atoms with Crippen molar-refractivity contribution < 1.29 is 9.72 Å². The number of nitrogens with zero attached hydrogens (tertiary/aromatic N) is 4. The average molecular weight is 314 g/mol. The fourth-order valence-corrected chi connectivity index (χ4v) is 2.53. The lowest BCUT2D eigenvalue weighted by Crippen LogP contribution is -2.56. The molecular formula is C12H16ClN5O3. The van der Waals surface area contributed by atoms with Crippen molar-refractivity contribution in [3.8, 4) is 0 Å². The summed E-state index contributed by atoms with van der Waals surface area (Å²) >= 11 is 5.76. The summed E-state index contributed by atoms with van der Waals surface area (Å²) < 4.78 is 0. The second kappa shape index (κ2) is 6.33. The number of hydrogen-bond donors (Lipinski definition) is 1. The Balaban J connectivity index is 2.35. The smallest absolute Gasteiger partial charge is 0.300 e. The van der Waals surface area contributed by atoms with Gasteiger partial charge in [-0.3, -0.25) is 14.9 Å². The maximum Gasteiger partial charge on any atom is 0.300 e. The summed E-state index contributed by atoms with van der Waals surface area (Å²) in [6.45, 7) is 2.08. The second-order valence-electron chi connectivity index (χ2n) is 4.93. The fourth-order valence-electron chi connectivity index (χ4n) is 2.37. The lowest BCUT2D eigenvalue weighted by Gasteiger charge is -2.39. The van der Waals surface area contributed by atoms with Gasteiger partial charge in [0.05, 0.1) is 11.0 Å². The highest BCUT2D eigenvalue weighted by Crippen LogP contribution is 2.23. The molecule has 1 unspecified atom stereocenters. The van der Waals surface area contributed by atoms with E-state index in [1.807, 2.05) is 7.05 Å². The Morgan fingerprint density at radius 3 is 2.95 bits per heavy atom. The first-order valence-corrected chi connectivity index (χ1v) is 6.81. The molecule has 1 fully saturated rings. The van der Waals surface area contributed by atoms with E-state index in [4.69, 9.17) is 17.3 Å². The maximum atomic E-state index is 12.6. The van der Waals surface area contributed by atoms with E-state index < -0.39 is 10.8 Å². The Hall–Kier alpha value is -1.77. The first kappa shape index (κ1) is 15.6. The Morgan fingerprint density at radius 2 is 2.33 bits per heavy atom. The molecule has 1 aromatic heterocycles. The van der Waals surface area contributed by atoms with Gasteiger partial charge >= 0.3 is 0 Å². The van der Waals surface area contributed by atoms with Crippen LogP contribution < -0.4 is 5.73 Å². The van der Waals surface area contributed by atoms with Gasteiger partial charge in [0.15, 0.2) is 0 Å². The van der Waals surface area contributed by atoms with Gasteiger partial charge in [0, 0.05) is 26.2 Å². The highest BCUT2D eigenvalue weighted by Gasteiger charge is 2.32. The Labute approximate surface area is 126 Å². The molecule has 21 heavy (non-hydrogen) atoms. The Morgan fingerprint density at radius 1 is 1.62 bits per heavy atom. The molecule has 1 aromatic rings. The molecule has 9 heteroatoms. The van der Waals surface area contributed by atoms with Gasteiger partial charge in [-0.2, -0.15) is 0 Å². The van der Waals surface area contributed by atoms with Crippen LogP contribution in [0.25, 0.3) is 0 Å². The van der Waals surface area contributed by atoms with Crippen molar-refractivity contribution in [1.29, 1.82) is 0 Å². The lowest BCUT2D eigenvalue weighted by atomic mass is 10.1. The number of carbonyl (C=O) groups excluding carboxylic acids is 1. The van der Waals surface area contributed by atoms with Gasteiger partial charge in [-0.05, 0) is 13.1 Å². The number of amides is 1. The molecule has 0 bridgehead atoms. The predicted octanol–water partition coefficient (Wildman–Crippen LogP) is 0.358. The molecule has 0 saturated carbocycles. The van der Waals surface area contributed by atoms with Crippen LogP contribution in [0.5, 0.6) is 0 Å². The molecule has 1 amide bonds. The van der Waals surface area contributed by atoms with Gasteiger partial charge in [0.1, 0.15) is 16.9 Å². The quantitative estimate of drug-likeness (QED) is 0.490. The minimum atomic E-state index is -0.635. The van der Waals surface area contributed by atoms with Crippen LogP contribution in [0, 0.1) is 10.1 Å². The zero-order valence-electron chi connectivity index (χ0n) is 11.5. The highest BCUT2D eigenvalue weighted by atomic mass is 35.5. The van der Waals surface area contributed by atoms with Crippen molar-refractivity contribution in [3.05, 3.63) is 33.1 Å². The van der Waals surface area contributed by atoms with E-state index in [2.05, 4.69) is 9.88 Å². The van der Waals surface area contributed by atoms with E-state index in [1.165, 1.54) is 6.07 Å². The van der Waals surface area contributed by atoms with Gasteiger partial charge in [0.2, 0.25) is 0 Å². The third-order valence-electron chi connectivity index (χ3n) is 3.50. The van der Waals surface area contributed by atoms with Crippen LogP contribution in [-0.4, -0.2) is 64.9 Å². The normalized spacial score (nSPS) is 19.6. The number of carbonyl (C=O) groups is 1. The Kier molecular flexibility index (Phi) is 4.71. The first-order valence-electron chi connectivity index (χ1n) is 6.43. The van der Waals surface area contributed by atoms with E-state index >= 15 is 0 Å². The third-order valence-corrected chi connectivity index (χ3v) is 3.70. The SMILES string of the molecule is CN1CCN(C(=O)c2cc(Cl)ncc2[N+](=O)[O-])C(CN)C1. The van der Waals surface area contributed by atoms with Crippen molar-refractivity contribution in [2.75, 3.05) is 33.2 Å². The minimum absolute atomic E-state index is 0.0439. The number of nitro groups is 1. The molecule has 0 radical (unpaired) electrons. The molecule has 1 saturated heterocycles. The predicted molar refractivity (Wildman–Crippen MR) is 77.3 cm³/mol. The average Bonchev–Trinajstić information content (AvgIpc) is 2.45. The van der Waals surface area contributed by atoms with Crippen molar-refractivity contribution in [1.82, 2.24) is 14.8 Å². The molecule has 2 N–H and O–H groups in total. The van der Waals surface area contributed by atoms with Crippen LogP contribution in [0.2, 0.25) is 5.15 Å². The van der Waals surface area contributed by atoms with E-state index in [0.29, 0.717) is 26.2 Å². The molecule has 114 valence electrons. The van der Waals surface area contributed by atoms with E-state index in [1.54, 1.807) is 4.90 Å². The number of pyridine rings is 1. The van der Waals surface area contributed by atoms with Gasteiger partial charge in [0.25, 0.3) is 11.6 Å². The molecule has 0 spiro atoms. The van der Waals surface area contributed by atoms with E-state index in [-0.39, 0.29) is 22.4 Å². The van der Waals surface area contributed by atoms with Crippen molar-refractivity contribution >= 4 is 23.2 Å². The molecule has 8 nitrogen and oxygen atoms in total. The molecule has 1 atom stereocenters. The summed E-state index contributed by atoms with van der Waals surface area (Å²) in [4.78, 5) is 30.3. The number of halogens is 1. The fraction of sp³-hybridized carbons (Fsp3) is 0.500. The number of nitrogens with two attached hydrogens (primary N) is 1. The summed E-state index contributed by atoms with van der Waals surface area (Å²) in [5.41, 5.74) is 5.31.